The van der Waals surface area contributed by atoms with Crippen molar-refractivity contribution in [3.8, 4) is 5.75 Å². The van der Waals surface area contributed by atoms with Gasteiger partial charge in [-0.15, -0.1) is 0 Å². The number of hydrogen-bond acceptors (Lipinski definition) is 1. The summed E-state index contributed by atoms with van der Waals surface area (Å²) < 4.78 is 5.88. The van der Waals surface area contributed by atoms with Crippen molar-refractivity contribution in [2.45, 2.75) is 6.42 Å². The Kier molecular flexibility index (Phi) is 2.62. The lowest BCUT2D eigenvalue weighted by atomic mass is 10.1. The summed E-state index contributed by atoms with van der Waals surface area (Å²) in [6.07, 6.45) is 3.01. The molecular formula is C15H11ClO. The molecule has 0 amide bonds. The van der Waals surface area contributed by atoms with E-state index in [0.29, 0.717) is 0 Å². The average molecular weight is 243 g/mol. The van der Waals surface area contributed by atoms with Crippen LogP contribution in [0, 0.1) is 0 Å². The van der Waals surface area contributed by atoms with Crippen LogP contribution in [0.5, 0.6) is 5.75 Å². The number of halogens is 1. The Balaban J connectivity index is 1.93. The molecular weight excluding hydrogens is 232 g/mol. The van der Waals surface area contributed by atoms with Gasteiger partial charge in [0.05, 0.1) is 0 Å². The predicted molar refractivity (Wildman–Crippen MR) is 70.2 cm³/mol. The van der Waals surface area contributed by atoms with Gasteiger partial charge in [-0.2, -0.15) is 0 Å². The summed E-state index contributed by atoms with van der Waals surface area (Å²) in [5.41, 5.74) is 2.29. The Morgan fingerprint density at radius 2 is 1.71 bits per heavy atom. The maximum absolute atomic E-state index is 5.88. The van der Waals surface area contributed by atoms with Crippen LogP contribution in [0.25, 0.3) is 5.76 Å². The highest BCUT2D eigenvalue weighted by atomic mass is 35.5. The summed E-state index contributed by atoms with van der Waals surface area (Å²) in [6.45, 7) is 0. The van der Waals surface area contributed by atoms with Crippen molar-refractivity contribution in [1.29, 1.82) is 0 Å². The molecule has 0 radical (unpaired) electrons. The summed E-state index contributed by atoms with van der Waals surface area (Å²) in [4.78, 5) is 0. The zero-order chi connectivity index (χ0) is 11.7. The molecule has 0 N–H and O–H groups in total. The van der Waals surface area contributed by atoms with Gasteiger partial charge in [0.1, 0.15) is 11.5 Å². The number of para-hydroxylation sites is 1. The molecule has 1 aliphatic rings. The minimum absolute atomic E-state index is 0.741. The lowest BCUT2D eigenvalue weighted by molar-refractivity contribution is 0.498. The first-order chi connectivity index (χ1) is 8.33. The molecule has 3 rings (SSSR count). The van der Waals surface area contributed by atoms with E-state index in [1.54, 1.807) is 0 Å². The van der Waals surface area contributed by atoms with Crippen LogP contribution >= 0.6 is 11.6 Å². The fraction of sp³-hybridized carbons (Fsp3) is 0.0667. The van der Waals surface area contributed by atoms with Crippen LogP contribution in [-0.2, 0) is 6.42 Å². The van der Waals surface area contributed by atoms with Gasteiger partial charge in [0.25, 0.3) is 0 Å². The van der Waals surface area contributed by atoms with Gasteiger partial charge >= 0.3 is 0 Å². The average Bonchev–Trinajstić information content (AvgIpc) is 2.39. The first-order valence-corrected chi connectivity index (χ1v) is 5.92. The second-order valence-corrected chi connectivity index (χ2v) is 4.43. The van der Waals surface area contributed by atoms with Gasteiger partial charge in [0, 0.05) is 10.6 Å². The van der Waals surface area contributed by atoms with Crippen LogP contribution in [-0.4, -0.2) is 0 Å². The number of rotatable bonds is 1. The summed E-state index contributed by atoms with van der Waals surface area (Å²) in [6, 6.07) is 15.8. The molecule has 0 atom stereocenters. The molecule has 0 fully saturated rings. The highest BCUT2D eigenvalue weighted by molar-refractivity contribution is 6.30. The van der Waals surface area contributed by atoms with Gasteiger partial charge in [0.15, 0.2) is 0 Å². The van der Waals surface area contributed by atoms with Crippen LogP contribution in [0.1, 0.15) is 11.1 Å². The minimum Gasteiger partial charge on any atom is -0.457 e. The zero-order valence-corrected chi connectivity index (χ0v) is 9.95. The molecule has 2 aromatic carbocycles. The molecule has 0 bridgehead atoms. The number of allylic oxidation sites excluding steroid dienone is 1. The summed E-state index contributed by atoms with van der Waals surface area (Å²) in [5, 5.41) is 0.741. The third-order valence-electron chi connectivity index (χ3n) is 2.83. The molecule has 2 heteroatoms. The Morgan fingerprint density at radius 1 is 0.941 bits per heavy atom. The number of fused-ring (bicyclic) bond motifs is 1. The van der Waals surface area contributed by atoms with Crippen molar-refractivity contribution < 1.29 is 4.74 Å². The van der Waals surface area contributed by atoms with Gasteiger partial charge in [-0.25, -0.2) is 0 Å². The molecule has 84 valence electrons. The fourth-order valence-electron chi connectivity index (χ4n) is 1.93. The van der Waals surface area contributed by atoms with E-state index in [1.807, 2.05) is 42.5 Å². The highest BCUT2D eigenvalue weighted by Crippen LogP contribution is 2.30. The monoisotopic (exact) mass is 242 g/mol. The molecule has 0 unspecified atom stereocenters. The quantitative estimate of drug-likeness (QED) is 0.724. The van der Waals surface area contributed by atoms with Gasteiger partial charge in [0.2, 0.25) is 0 Å². The number of hydrogen-bond donors (Lipinski definition) is 0. The van der Waals surface area contributed by atoms with E-state index in [1.165, 1.54) is 5.56 Å². The lowest BCUT2D eigenvalue weighted by Gasteiger charge is -2.18. The van der Waals surface area contributed by atoms with E-state index in [9.17, 15) is 0 Å². The van der Waals surface area contributed by atoms with E-state index < -0.39 is 0 Å². The normalized spacial score (nSPS) is 13.6. The van der Waals surface area contributed by atoms with E-state index in [0.717, 1.165) is 28.5 Å². The lowest BCUT2D eigenvalue weighted by Crippen LogP contribution is -2.03. The Labute approximate surface area is 105 Å². The van der Waals surface area contributed by atoms with Crippen molar-refractivity contribution in [1.82, 2.24) is 0 Å². The van der Waals surface area contributed by atoms with E-state index >= 15 is 0 Å². The van der Waals surface area contributed by atoms with E-state index in [4.69, 9.17) is 16.3 Å². The van der Waals surface area contributed by atoms with Crippen LogP contribution in [0.3, 0.4) is 0 Å². The fourth-order valence-corrected chi connectivity index (χ4v) is 2.05. The standard InChI is InChI=1S/C15H11ClO/c16-13-8-5-12(6-9-13)15-10-7-11-3-1-2-4-14(11)17-15/h1-6,8-10H,7H2. The number of ether oxygens (including phenoxy) is 1. The molecule has 0 aliphatic carbocycles. The largest absolute Gasteiger partial charge is 0.457 e. The van der Waals surface area contributed by atoms with Crippen LogP contribution in [0.2, 0.25) is 5.02 Å². The van der Waals surface area contributed by atoms with Crippen molar-refractivity contribution in [3.05, 3.63) is 70.8 Å². The molecule has 0 saturated heterocycles. The topological polar surface area (TPSA) is 9.23 Å². The Hall–Kier alpha value is -1.73. The van der Waals surface area contributed by atoms with Crippen LogP contribution in [0.15, 0.2) is 54.6 Å². The van der Waals surface area contributed by atoms with Gasteiger partial charge in [-0.3, -0.25) is 0 Å². The van der Waals surface area contributed by atoms with Gasteiger partial charge in [-0.1, -0.05) is 29.8 Å². The molecule has 2 aromatic rings. The summed E-state index contributed by atoms with van der Waals surface area (Å²) in [7, 11) is 0. The molecule has 1 aliphatic heterocycles. The van der Waals surface area contributed by atoms with Crippen molar-refractivity contribution in [3.63, 3.8) is 0 Å². The maximum atomic E-state index is 5.88. The van der Waals surface area contributed by atoms with E-state index in [2.05, 4.69) is 12.1 Å². The number of benzene rings is 2. The Morgan fingerprint density at radius 3 is 2.53 bits per heavy atom. The smallest absolute Gasteiger partial charge is 0.131 e. The van der Waals surface area contributed by atoms with Crippen molar-refractivity contribution in [2.24, 2.45) is 0 Å². The highest BCUT2D eigenvalue weighted by Gasteiger charge is 2.12. The van der Waals surface area contributed by atoms with Crippen molar-refractivity contribution >= 4 is 17.4 Å². The third-order valence-corrected chi connectivity index (χ3v) is 3.08. The molecule has 0 spiro atoms. The molecule has 1 heterocycles. The van der Waals surface area contributed by atoms with E-state index in [-0.39, 0.29) is 0 Å². The summed E-state index contributed by atoms with van der Waals surface area (Å²) >= 11 is 5.87. The molecule has 17 heavy (non-hydrogen) atoms. The second kappa shape index (κ2) is 4.27. The van der Waals surface area contributed by atoms with Crippen LogP contribution < -0.4 is 4.74 Å². The Bertz CT molecular complexity index is 570. The van der Waals surface area contributed by atoms with Gasteiger partial charge in [-0.05, 0) is 48.4 Å². The minimum atomic E-state index is 0.741. The molecule has 0 aromatic heterocycles. The third kappa shape index (κ3) is 2.06. The predicted octanol–water partition coefficient (Wildman–Crippen LogP) is 4.32. The van der Waals surface area contributed by atoms with Gasteiger partial charge < -0.3 is 4.74 Å². The van der Waals surface area contributed by atoms with Crippen molar-refractivity contribution in [2.75, 3.05) is 0 Å². The first kappa shape index (κ1) is 10.4. The maximum Gasteiger partial charge on any atom is 0.131 e. The van der Waals surface area contributed by atoms with Crippen LogP contribution in [0.4, 0.5) is 0 Å². The summed E-state index contributed by atoms with van der Waals surface area (Å²) in [5.74, 6) is 1.85. The SMILES string of the molecule is Clc1ccc(C2=CCc3ccccc3O2)cc1. The molecule has 1 nitrogen and oxygen atoms in total. The zero-order valence-electron chi connectivity index (χ0n) is 9.19. The first-order valence-electron chi connectivity index (χ1n) is 5.55. The second-order valence-electron chi connectivity index (χ2n) is 3.99. The molecule has 0 saturated carbocycles.